The van der Waals surface area contributed by atoms with E-state index in [0.29, 0.717) is 0 Å². The van der Waals surface area contributed by atoms with Gasteiger partial charge in [-0.05, 0) is 41.8 Å². The van der Waals surface area contributed by atoms with Crippen molar-refractivity contribution in [2.75, 3.05) is 0 Å². The molecule has 0 amide bonds. The molecule has 1 aliphatic carbocycles. The van der Waals surface area contributed by atoms with E-state index in [1.165, 1.54) is 40.7 Å². The number of aromatic amines is 1. The maximum absolute atomic E-state index is 4.73. The molecule has 0 spiro atoms. The zero-order valence-corrected chi connectivity index (χ0v) is 15.9. The molecule has 2 heterocycles. The normalized spacial score (nSPS) is 16.4. The first kappa shape index (κ1) is 14.5. The molecule has 4 rings (SSSR count). The maximum Gasteiger partial charge on any atom is 0.138 e. The highest BCUT2D eigenvalue weighted by molar-refractivity contribution is 9.10. The van der Waals surface area contributed by atoms with Crippen LogP contribution in [0.4, 0.5) is 0 Å². The molecule has 1 N–H and O–H groups in total. The Balaban J connectivity index is 2.14. The van der Waals surface area contributed by atoms with Gasteiger partial charge in [0.15, 0.2) is 0 Å². The fourth-order valence-electron chi connectivity index (χ4n) is 3.56. The lowest BCUT2D eigenvalue weighted by atomic mass is 9.79. The molecule has 1 saturated carbocycles. The van der Waals surface area contributed by atoms with Crippen LogP contribution in [0.1, 0.15) is 30.7 Å². The quantitative estimate of drug-likeness (QED) is 0.608. The number of fused-ring (bicyclic) bond motifs is 3. The summed E-state index contributed by atoms with van der Waals surface area (Å²) in [6, 6.07) is 6.52. The minimum atomic E-state index is -1.41. The summed E-state index contributed by atoms with van der Waals surface area (Å²) in [6.45, 7) is 7.29. The van der Waals surface area contributed by atoms with Crippen LogP contribution in [0.2, 0.25) is 19.6 Å². The Morgan fingerprint density at radius 1 is 1.23 bits per heavy atom. The van der Waals surface area contributed by atoms with Crippen LogP contribution in [0.15, 0.2) is 28.9 Å². The number of nitrogens with one attached hydrogen (secondary N) is 1. The van der Waals surface area contributed by atoms with Crippen LogP contribution in [0, 0.1) is 0 Å². The highest BCUT2D eigenvalue weighted by Gasteiger charge is 2.32. The first-order chi connectivity index (χ1) is 10.4. The van der Waals surface area contributed by atoms with E-state index in [9.17, 15) is 0 Å². The lowest BCUT2D eigenvalue weighted by molar-refractivity contribution is 0.424. The van der Waals surface area contributed by atoms with Crippen molar-refractivity contribution in [3.63, 3.8) is 0 Å². The Bertz CT molecular complexity index is 872. The number of aromatic nitrogens is 2. The third-order valence-corrected chi connectivity index (χ3v) is 7.29. The Hall–Kier alpha value is -1.13. The SMILES string of the molecule is C[Si](C)(C)c1[nH]c2ncc3ccc(Br)cc3c2c1C1CCC1. The number of rotatable bonds is 2. The molecule has 0 bridgehead atoms. The fourth-order valence-corrected chi connectivity index (χ4v) is 5.55. The lowest BCUT2D eigenvalue weighted by Crippen LogP contribution is -2.42. The van der Waals surface area contributed by atoms with Crippen LogP contribution in [0.25, 0.3) is 21.8 Å². The van der Waals surface area contributed by atoms with Crippen LogP contribution < -0.4 is 5.32 Å². The van der Waals surface area contributed by atoms with Crippen molar-refractivity contribution in [2.24, 2.45) is 0 Å². The average Bonchev–Trinajstić information content (AvgIpc) is 2.76. The van der Waals surface area contributed by atoms with E-state index in [4.69, 9.17) is 4.98 Å². The van der Waals surface area contributed by atoms with E-state index in [2.05, 4.69) is 58.8 Å². The maximum atomic E-state index is 4.73. The fraction of sp³-hybridized carbons (Fsp3) is 0.389. The number of benzene rings is 1. The van der Waals surface area contributed by atoms with Crippen molar-refractivity contribution in [3.8, 4) is 0 Å². The van der Waals surface area contributed by atoms with Crippen molar-refractivity contribution in [3.05, 3.63) is 34.4 Å². The molecule has 0 aliphatic heterocycles. The van der Waals surface area contributed by atoms with Gasteiger partial charge >= 0.3 is 0 Å². The molecule has 0 unspecified atom stereocenters. The van der Waals surface area contributed by atoms with Crippen LogP contribution in [-0.4, -0.2) is 18.0 Å². The summed E-state index contributed by atoms with van der Waals surface area (Å²) in [4.78, 5) is 8.43. The molecular formula is C18H21BrN2Si. The molecule has 2 nitrogen and oxygen atoms in total. The van der Waals surface area contributed by atoms with Gasteiger partial charge in [-0.25, -0.2) is 4.98 Å². The monoisotopic (exact) mass is 372 g/mol. The first-order valence-corrected chi connectivity index (χ1v) is 12.3. The molecule has 114 valence electrons. The number of nitrogens with zero attached hydrogens (tertiary/aromatic N) is 1. The Kier molecular flexibility index (Phi) is 3.24. The first-order valence-electron chi connectivity index (χ1n) is 8.05. The van der Waals surface area contributed by atoms with E-state index in [0.717, 1.165) is 16.0 Å². The molecule has 0 radical (unpaired) electrons. The summed E-state index contributed by atoms with van der Waals surface area (Å²) in [7, 11) is -1.41. The lowest BCUT2D eigenvalue weighted by Gasteiger charge is -2.29. The summed E-state index contributed by atoms with van der Waals surface area (Å²) >= 11 is 3.64. The van der Waals surface area contributed by atoms with Gasteiger partial charge in [-0.1, -0.05) is 48.1 Å². The van der Waals surface area contributed by atoms with Crippen molar-refractivity contribution < 1.29 is 0 Å². The smallest absolute Gasteiger partial charge is 0.138 e. The number of pyridine rings is 1. The standard InChI is InChI=1S/C18H21BrN2Si/c1-22(2,3)18-15(11-5-4-6-11)16-14-9-13(19)8-7-12(14)10-20-17(16)21-18/h7-11H,4-6H2,1-3H3,(H,20,21). The van der Waals surface area contributed by atoms with E-state index < -0.39 is 8.07 Å². The van der Waals surface area contributed by atoms with Crippen molar-refractivity contribution in [1.29, 1.82) is 0 Å². The second-order valence-corrected chi connectivity index (χ2v) is 13.4. The van der Waals surface area contributed by atoms with Crippen molar-refractivity contribution >= 4 is 51.1 Å². The second-order valence-electron chi connectivity index (χ2n) is 7.50. The summed E-state index contributed by atoms with van der Waals surface area (Å²) < 4.78 is 1.14. The van der Waals surface area contributed by atoms with Gasteiger partial charge in [0.2, 0.25) is 0 Å². The van der Waals surface area contributed by atoms with Gasteiger partial charge in [-0.15, -0.1) is 0 Å². The van der Waals surface area contributed by atoms with Gasteiger partial charge in [-0.3, -0.25) is 0 Å². The Labute approximate surface area is 140 Å². The Morgan fingerprint density at radius 3 is 2.64 bits per heavy atom. The van der Waals surface area contributed by atoms with Gasteiger partial charge in [0.25, 0.3) is 0 Å². The summed E-state index contributed by atoms with van der Waals surface area (Å²) in [5.74, 6) is 0.724. The average molecular weight is 373 g/mol. The van der Waals surface area contributed by atoms with Gasteiger partial charge in [-0.2, -0.15) is 0 Å². The van der Waals surface area contributed by atoms with Crippen LogP contribution >= 0.6 is 15.9 Å². The van der Waals surface area contributed by atoms with Crippen molar-refractivity contribution in [2.45, 2.75) is 44.8 Å². The van der Waals surface area contributed by atoms with E-state index in [-0.39, 0.29) is 0 Å². The number of halogens is 1. The molecule has 0 saturated heterocycles. The zero-order valence-electron chi connectivity index (χ0n) is 13.3. The van der Waals surface area contributed by atoms with E-state index in [1.807, 2.05) is 6.20 Å². The molecule has 1 aromatic carbocycles. The third-order valence-electron chi connectivity index (χ3n) is 4.90. The molecule has 22 heavy (non-hydrogen) atoms. The largest absolute Gasteiger partial charge is 0.347 e. The highest BCUT2D eigenvalue weighted by Crippen LogP contribution is 2.41. The second kappa shape index (κ2) is 4.93. The van der Waals surface area contributed by atoms with Gasteiger partial charge in [0.1, 0.15) is 5.65 Å². The zero-order chi connectivity index (χ0) is 15.5. The number of hydrogen-bond acceptors (Lipinski definition) is 1. The predicted molar refractivity (Wildman–Crippen MR) is 101 cm³/mol. The molecule has 1 aliphatic rings. The number of hydrogen-bond donors (Lipinski definition) is 1. The molecule has 3 aromatic rings. The van der Waals surface area contributed by atoms with Crippen molar-refractivity contribution in [1.82, 2.24) is 9.97 Å². The van der Waals surface area contributed by atoms with E-state index >= 15 is 0 Å². The van der Waals surface area contributed by atoms with Gasteiger partial charge < -0.3 is 4.98 Å². The van der Waals surface area contributed by atoms with Crippen LogP contribution in [0.5, 0.6) is 0 Å². The van der Waals surface area contributed by atoms with Crippen LogP contribution in [0.3, 0.4) is 0 Å². The molecular weight excluding hydrogens is 352 g/mol. The summed E-state index contributed by atoms with van der Waals surface area (Å²) in [5.41, 5.74) is 2.65. The van der Waals surface area contributed by atoms with Gasteiger partial charge in [0, 0.05) is 26.8 Å². The molecule has 1 fully saturated rings. The predicted octanol–water partition coefficient (Wildman–Crippen LogP) is 5.29. The third kappa shape index (κ3) is 2.15. The van der Waals surface area contributed by atoms with E-state index in [1.54, 1.807) is 5.56 Å². The summed E-state index contributed by atoms with van der Waals surface area (Å²) in [6.07, 6.45) is 6.02. The molecule has 2 aromatic heterocycles. The summed E-state index contributed by atoms with van der Waals surface area (Å²) in [5, 5.41) is 5.45. The van der Waals surface area contributed by atoms with Gasteiger partial charge in [0.05, 0.1) is 8.07 Å². The Morgan fingerprint density at radius 2 is 2.00 bits per heavy atom. The minimum absolute atomic E-state index is 0.724. The highest BCUT2D eigenvalue weighted by atomic mass is 79.9. The number of H-pyrrole nitrogens is 1. The minimum Gasteiger partial charge on any atom is -0.347 e. The molecule has 0 atom stereocenters. The van der Waals surface area contributed by atoms with Crippen LogP contribution in [-0.2, 0) is 0 Å². The topological polar surface area (TPSA) is 28.7 Å². The molecule has 4 heteroatoms.